The largest absolute Gasteiger partial charge is 0.370 e. The number of nitrogens with two attached hydrogens (primary N) is 1. The molecule has 0 unspecified atom stereocenters. The lowest BCUT2D eigenvalue weighted by Crippen LogP contribution is -2.41. The van der Waals surface area contributed by atoms with E-state index in [1.54, 1.807) is 0 Å². The van der Waals surface area contributed by atoms with Crippen LogP contribution >= 0.6 is 24.0 Å². The first-order valence-corrected chi connectivity index (χ1v) is 7.36. The second-order valence-electron chi connectivity index (χ2n) is 5.09. The summed E-state index contributed by atoms with van der Waals surface area (Å²) in [6.45, 7) is 0.861. The van der Waals surface area contributed by atoms with E-state index < -0.39 is 0 Å². The van der Waals surface area contributed by atoms with Crippen LogP contribution in [-0.4, -0.2) is 41.0 Å². The van der Waals surface area contributed by atoms with Crippen molar-refractivity contribution in [3.8, 4) is 0 Å². The molecule has 0 atom stereocenters. The van der Waals surface area contributed by atoms with Crippen molar-refractivity contribution < 1.29 is 4.79 Å². The predicted molar refractivity (Wildman–Crippen MR) is 96.3 cm³/mol. The molecule has 1 amide bonds. The van der Waals surface area contributed by atoms with Crippen LogP contribution < -0.4 is 16.4 Å². The van der Waals surface area contributed by atoms with Crippen molar-refractivity contribution in [2.24, 2.45) is 10.7 Å². The van der Waals surface area contributed by atoms with Gasteiger partial charge in [0, 0.05) is 25.0 Å². The lowest BCUT2D eigenvalue weighted by molar-refractivity contribution is 0.0949. The molecule has 1 aliphatic carbocycles. The molecule has 0 saturated heterocycles. The summed E-state index contributed by atoms with van der Waals surface area (Å²) in [5, 5.41) is 5.96. The maximum atomic E-state index is 11.7. The summed E-state index contributed by atoms with van der Waals surface area (Å²) in [4.78, 5) is 23.7. The van der Waals surface area contributed by atoms with Crippen LogP contribution in [0.5, 0.6) is 0 Å². The number of amides is 1. The van der Waals surface area contributed by atoms with E-state index in [2.05, 4.69) is 25.6 Å². The van der Waals surface area contributed by atoms with E-state index in [9.17, 15) is 4.79 Å². The third-order valence-electron chi connectivity index (χ3n) is 3.43. The van der Waals surface area contributed by atoms with Gasteiger partial charge in [-0.25, -0.2) is 4.98 Å². The van der Waals surface area contributed by atoms with Crippen molar-refractivity contribution in [2.45, 2.75) is 38.1 Å². The highest BCUT2D eigenvalue weighted by molar-refractivity contribution is 14.0. The first-order valence-electron chi connectivity index (χ1n) is 7.36. The number of nitrogens with zero attached hydrogens (tertiary/aromatic N) is 3. The predicted octanol–water partition coefficient (Wildman–Crippen LogP) is 1.06. The fraction of sp³-hybridized carbons (Fsp3) is 0.571. The third-order valence-corrected chi connectivity index (χ3v) is 3.43. The topological polar surface area (TPSA) is 105 Å². The highest BCUT2D eigenvalue weighted by Crippen LogP contribution is 2.16. The van der Waals surface area contributed by atoms with E-state index in [0.29, 0.717) is 30.8 Å². The van der Waals surface area contributed by atoms with Crippen molar-refractivity contribution in [1.29, 1.82) is 0 Å². The van der Waals surface area contributed by atoms with E-state index in [-0.39, 0.29) is 29.9 Å². The molecular weight excluding hydrogens is 395 g/mol. The zero-order valence-corrected chi connectivity index (χ0v) is 14.8. The van der Waals surface area contributed by atoms with Crippen LogP contribution in [0, 0.1) is 0 Å². The quantitative estimate of drug-likeness (QED) is 0.287. The van der Waals surface area contributed by atoms with Gasteiger partial charge in [-0.1, -0.05) is 19.3 Å². The number of aliphatic imine (C=N–C) groups is 1. The molecule has 1 heterocycles. The van der Waals surface area contributed by atoms with E-state index in [0.717, 1.165) is 12.8 Å². The second-order valence-corrected chi connectivity index (χ2v) is 5.09. The minimum absolute atomic E-state index is 0. The fourth-order valence-corrected chi connectivity index (χ4v) is 2.35. The first kappa shape index (κ1) is 18.6. The molecule has 0 aromatic carbocycles. The van der Waals surface area contributed by atoms with Gasteiger partial charge >= 0.3 is 0 Å². The molecule has 1 fully saturated rings. The SMILES string of the molecule is I.NC(=NCCNC(=O)c1cnccn1)NC1CCCCC1. The number of guanidine groups is 1. The van der Waals surface area contributed by atoms with Crippen LogP contribution in [0.3, 0.4) is 0 Å². The zero-order chi connectivity index (χ0) is 14.9. The van der Waals surface area contributed by atoms with Crippen LogP contribution in [0.2, 0.25) is 0 Å². The Hall–Kier alpha value is -1.45. The zero-order valence-electron chi connectivity index (χ0n) is 12.5. The molecule has 8 heteroatoms. The van der Waals surface area contributed by atoms with E-state index in [4.69, 9.17) is 5.73 Å². The molecule has 1 aromatic rings. The van der Waals surface area contributed by atoms with Gasteiger partial charge in [0.25, 0.3) is 5.91 Å². The lowest BCUT2D eigenvalue weighted by atomic mass is 9.96. The van der Waals surface area contributed by atoms with Gasteiger partial charge in [0.05, 0.1) is 12.7 Å². The van der Waals surface area contributed by atoms with E-state index in [1.165, 1.54) is 37.9 Å². The molecule has 0 spiro atoms. The Morgan fingerprint density at radius 1 is 1.32 bits per heavy atom. The molecule has 4 N–H and O–H groups in total. The van der Waals surface area contributed by atoms with Crippen molar-refractivity contribution >= 4 is 35.8 Å². The number of hydrogen-bond acceptors (Lipinski definition) is 4. The molecule has 0 radical (unpaired) electrons. The molecule has 1 aromatic heterocycles. The number of aromatic nitrogens is 2. The van der Waals surface area contributed by atoms with Crippen molar-refractivity contribution in [2.75, 3.05) is 13.1 Å². The van der Waals surface area contributed by atoms with Crippen molar-refractivity contribution in [1.82, 2.24) is 20.6 Å². The Morgan fingerprint density at radius 3 is 2.77 bits per heavy atom. The number of carbonyl (C=O) groups excluding carboxylic acids is 1. The van der Waals surface area contributed by atoms with Crippen LogP contribution in [-0.2, 0) is 0 Å². The average Bonchev–Trinajstić information content (AvgIpc) is 2.53. The number of carbonyl (C=O) groups is 1. The smallest absolute Gasteiger partial charge is 0.271 e. The Kier molecular flexibility index (Phi) is 8.71. The number of halogens is 1. The normalized spacial score (nSPS) is 15.7. The molecule has 0 aliphatic heterocycles. The monoisotopic (exact) mass is 418 g/mol. The Morgan fingerprint density at radius 2 is 2.09 bits per heavy atom. The average molecular weight is 418 g/mol. The highest BCUT2D eigenvalue weighted by atomic mass is 127. The Labute approximate surface area is 147 Å². The van der Waals surface area contributed by atoms with Gasteiger partial charge in [0.1, 0.15) is 5.69 Å². The third kappa shape index (κ3) is 6.54. The van der Waals surface area contributed by atoms with Gasteiger partial charge in [-0.05, 0) is 12.8 Å². The maximum absolute atomic E-state index is 11.7. The lowest BCUT2D eigenvalue weighted by Gasteiger charge is -2.23. The number of hydrogen-bond donors (Lipinski definition) is 3. The summed E-state index contributed by atoms with van der Waals surface area (Å²) in [6.07, 6.45) is 10.6. The van der Waals surface area contributed by atoms with Gasteiger partial charge in [0.15, 0.2) is 5.96 Å². The maximum Gasteiger partial charge on any atom is 0.271 e. The van der Waals surface area contributed by atoms with E-state index >= 15 is 0 Å². The van der Waals surface area contributed by atoms with Gasteiger partial charge < -0.3 is 16.4 Å². The van der Waals surface area contributed by atoms with Crippen LogP contribution in [0.25, 0.3) is 0 Å². The van der Waals surface area contributed by atoms with Gasteiger partial charge in [0.2, 0.25) is 0 Å². The molecule has 1 saturated carbocycles. The van der Waals surface area contributed by atoms with E-state index in [1.807, 2.05) is 0 Å². The fourth-order valence-electron chi connectivity index (χ4n) is 2.35. The Balaban J connectivity index is 0.00000242. The first-order chi connectivity index (χ1) is 10.3. The van der Waals surface area contributed by atoms with Crippen LogP contribution in [0.15, 0.2) is 23.6 Å². The van der Waals surface area contributed by atoms with Gasteiger partial charge in [-0.15, -0.1) is 24.0 Å². The van der Waals surface area contributed by atoms with Crippen molar-refractivity contribution in [3.63, 3.8) is 0 Å². The second kappa shape index (κ2) is 10.3. The molecule has 7 nitrogen and oxygen atoms in total. The standard InChI is InChI=1S/C14H22N6O.HI/c15-14(20-11-4-2-1-3-5-11)19-9-8-18-13(21)12-10-16-6-7-17-12;/h6-7,10-11H,1-5,8-9H2,(H,18,21)(H3,15,19,20);1H. The molecular formula is C14H23IN6O. The van der Waals surface area contributed by atoms with Crippen LogP contribution in [0.4, 0.5) is 0 Å². The molecule has 2 rings (SSSR count). The number of nitrogens with one attached hydrogen (secondary N) is 2. The summed E-state index contributed by atoms with van der Waals surface area (Å²) < 4.78 is 0. The summed E-state index contributed by atoms with van der Waals surface area (Å²) in [5.41, 5.74) is 6.14. The number of rotatable bonds is 5. The van der Waals surface area contributed by atoms with Gasteiger partial charge in [-0.3, -0.25) is 14.8 Å². The molecule has 1 aliphatic rings. The highest BCUT2D eigenvalue weighted by Gasteiger charge is 2.13. The summed E-state index contributed by atoms with van der Waals surface area (Å²) in [6, 6.07) is 0.441. The van der Waals surface area contributed by atoms with Crippen LogP contribution in [0.1, 0.15) is 42.6 Å². The van der Waals surface area contributed by atoms with Crippen molar-refractivity contribution in [3.05, 3.63) is 24.3 Å². The summed E-state index contributed by atoms with van der Waals surface area (Å²) in [5.74, 6) is 0.202. The summed E-state index contributed by atoms with van der Waals surface area (Å²) >= 11 is 0. The Bertz CT molecular complexity index is 475. The molecule has 0 bridgehead atoms. The minimum atomic E-state index is -0.253. The summed E-state index contributed by atoms with van der Waals surface area (Å²) in [7, 11) is 0. The minimum Gasteiger partial charge on any atom is -0.370 e. The molecule has 122 valence electrons. The van der Waals surface area contributed by atoms with Gasteiger partial charge in [-0.2, -0.15) is 0 Å². The molecule has 22 heavy (non-hydrogen) atoms.